The molecular formula is C14H22FN. The number of unbranched alkanes of at least 4 members (excludes halogenated alkanes) is 5. The van der Waals surface area contributed by atoms with Gasteiger partial charge >= 0.3 is 0 Å². The molecule has 0 unspecified atom stereocenters. The van der Waals surface area contributed by atoms with E-state index in [9.17, 15) is 4.39 Å². The van der Waals surface area contributed by atoms with Crippen LogP contribution in [0, 0.1) is 0 Å². The van der Waals surface area contributed by atoms with Crippen LogP contribution < -0.4 is 5.32 Å². The van der Waals surface area contributed by atoms with Crippen molar-refractivity contribution < 1.29 is 4.39 Å². The van der Waals surface area contributed by atoms with Gasteiger partial charge in [0.25, 0.3) is 0 Å². The van der Waals surface area contributed by atoms with E-state index in [1.54, 1.807) is 0 Å². The molecule has 2 heteroatoms. The number of nitrogens with one attached hydrogen (secondary N) is 1. The number of anilines is 1. The van der Waals surface area contributed by atoms with E-state index in [0.29, 0.717) is 0 Å². The Balaban J connectivity index is 1.89. The summed E-state index contributed by atoms with van der Waals surface area (Å²) in [4.78, 5) is 0. The average Bonchev–Trinajstić information content (AvgIpc) is 2.34. The summed E-state index contributed by atoms with van der Waals surface area (Å²) in [7, 11) is 0. The van der Waals surface area contributed by atoms with Gasteiger partial charge in [-0.2, -0.15) is 0 Å². The lowest BCUT2D eigenvalue weighted by Gasteiger charge is -2.05. The predicted octanol–water partition coefficient (Wildman–Crippen LogP) is 4.41. The monoisotopic (exact) mass is 223 g/mol. The summed E-state index contributed by atoms with van der Waals surface area (Å²) in [6.07, 6.45) is 6.63. The van der Waals surface area contributed by atoms with Crippen molar-refractivity contribution in [3.05, 3.63) is 30.3 Å². The Bertz CT molecular complexity index is 248. The first-order chi connectivity index (χ1) is 7.93. The van der Waals surface area contributed by atoms with Crippen LogP contribution in [0.3, 0.4) is 0 Å². The van der Waals surface area contributed by atoms with Crippen molar-refractivity contribution in [1.29, 1.82) is 0 Å². The minimum absolute atomic E-state index is 0.157. The lowest BCUT2D eigenvalue weighted by atomic mass is 10.1. The highest BCUT2D eigenvalue weighted by atomic mass is 19.1. The average molecular weight is 223 g/mol. The molecule has 0 fully saturated rings. The summed E-state index contributed by atoms with van der Waals surface area (Å²) in [6.45, 7) is 0.878. The smallest absolute Gasteiger partial charge is 0.0894 e. The van der Waals surface area contributed by atoms with E-state index in [0.717, 1.165) is 19.4 Å². The van der Waals surface area contributed by atoms with Crippen LogP contribution in [0.25, 0.3) is 0 Å². The maximum Gasteiger partial charge on any atom is 0.0894 e. The van der Waals surface area contributed by atoms with Crippen LogP contribution >= 0.6 is 0 Å². The summed E-state index contributed by atoms with van der Waals surface area (Å²) < 4.78 is 11.8. The Morgan fingerprint density at radius 2 is 1.44 bits per heavy atom. The number of rotatable bonds is 9. The second-order valence-electron chi connectivity index (χ2n) is 4.10. The number of alkyl halides is 1. The maximum absolute atomic E-state index is 11.8. The molecule has 0 bridgehead atoms. The Kier molecular flexibility index (Phi) is 7.48. The van der Waals surface area contributed by atoms with Gasteiger partial charge in [-0.15, -0.1) is 0 Å². The van der Waals surface area contributed by atoms with Crippen molar-refractivity contribution in [3.8, 4) is 0 Å². The summed E-state index contributed by atoms with van der Waals surface area (Å²) in [5.41, 5.74) is 1.19. The second kappa shape index (κ2) is 9.20. The zero-order valence-corrected chi connectivity index (χ0v) is 9.92. The standard InChI is InChI=1S/C14H22FN/c15-12-8-3-1-2-4-9-13-16-14-10-6-5-7-11-14/h5-7,10-11,16H,1-4,8-9,12-13H2. The molecule has 0 aromatic heterocycles. The van der Waals surface area contributed by atoms with Crippen LogP contribution in [0.1, 0.15) is 38.5 Å². The fourth-order valence-corrected chi connectivity index (χ4v) is 1.72. The Morgan fingerprint density at radius 3 is 2.12 bits per heavy atom. The Labute approximate surface area is 98.1 Å². The van der Waals surface area contributed by atoms with Crippen molar-refractivity contribution >= 4 is 5.69 Å². The van der Waals surface area contributed by atoms with Gasteiger partial charge < -0.3 is 5.32 Å². The fraction of sp³-hybridized carbons (Fsp3) is 0.571. The van der Waals surface area contributed by atoms with Crippen LogP contribution in [0.2, 0.25) is 0 Å². The highest BCUT2D eigenvalue weighted by Crippen LogP contribution is 2.08. The van der Waals surface area contributed by atoms with Crippen molar-refractivity contribution in [1.82, 2.24) is 0 Å². The number of para-hydroxylation sites is 1. The quantitative estimate of drug-likeness (QED) is 0.611. The molecule has 16 heavy (non-hydrogen) atoms. The molecule has 1 aromatic rings. The topological polar surface area (TPSA) is 12.0 Å². The number of halogens is 1. The first kappa shape index (κ1) is 13.0. The largest absolute Gasteiger partial charge is 0.385 e. The Hall–Kier alpha value is -1.05. The molecule has 0 spiro atoms. The van der Waals surface area contributed by atoms with Crippen LogP contribution in [-0.4, -0.2) is 13.2 Å². The Morgan fingerprint density at radius 1 is 0.812 bits per heavy atom. The molecule has 0 saturated carbocycles. The molecule has 0 aliphatic rings. The molecular weight excluding hydrogens is 201 g/mol. The molecule has 0 saturated heterocycles. The van der Waals surface area contributed by atoms with Crippen molar-refractivity contribution in [3.63, 3.8) is 0 Å². The molecule has 0 aliphatic carbocycles. The predicted molar refractivity (Wildman–Crippen MR) is 68.6 cm³/mol. The van der Waals surface area contributed by atoms with E-state index >= 15 is 0 Å². The molecule has 0 amide bonds. The van der Waals surface area contributed by atoms with Gasteiger partial charge in [-0.05, 0) is 25.0 Å². The maximum atomic E-state index is 11.8. The third kappa shape index (κ3) is 6.44. The van der Waals surface area contributed by atoms with Crippen LogP contribution in [-0.2, 0) is 0 Å². The van der Waals surface area contributed by atoms with E-state index < -0.39 is 0 Å². The van der Waals surface area contributed by atoms with Gasteiger partial charge in [-0.25, -0.2) is 0 Å². The van der Waals surface area contributed by atoms with Gasteiger partial charge in [0, 0.05) is 12.2 Å². The van der Waals surface area contributed by atoms with E-state index in [-0.39, 0.29) is 6.67 Å². The molecule has 0 atom stereocenters. The number of hydrogen-bond donors (Lipinski definition) is 1. The van der Waals surface area contributed by atoms with Crippen molar-refractivity contribution in [2.45, 2.75) is 38.5 Å². The molecule has 1 N–H and O–H groups in total. The zero-order chi connectivity index (χ0) is 11.5. The van der Waals surface area contributed by atoms with Gasteiger partial charge in [-0.1, -0.05) is 43.9 Å². The molecule has 1 aromatic carbocycles. The van der Waals surface area contributed by atoms with Gasteiger partial charge in [0.05, 0.1) is 6.67 Å². The first-order valence-electron chi connectivity index (χ1n) is 6.28. The molecule has 0 heterocycles. The minimum Gasteiger partial charge on any atom is -0.385 e. The van der Waals surface area contributed by atoms with E-state index in [1.165, 1.54) is 31.4 Å². The van der Waals surface area contributed by atoms with Crippen LogP contribution in [0.15, 0.2) is 30.3 Å². The first-order valence-corrected chi connectivity index (χ1v) is 6.28. The number of benzene rings is 1. The van der Waals surface area contributed by atoms with Gasteiger partial charge in [0.1, 0.15) is 0 Å². The van der Waals surface area contributed by atoms with Crippen molar-refractivity contribution in [2.24, 2.45) is 0 Å². The lowest BCUT2D eigenvalue weighted by molar-refractivity contribution is 0.450. The van der Waals surface area contributed by atoms with Crippen LogP contribution in [0.5, 0.6) is 0 Å². The van der Waals surface area contributed by atoms with Gasteiger partial charge in [0.15, 0.2) is 0 Å². The third-order valence-electron chi connectivity index (χ3n) is 2.66. The lowest BCUT2D eigenvalue weighted by Crippen LogP contribution is -2.00. The fourth-order valence-electron chi connectivity index (χ4n) is 1.72. The van der Waals surface area contributed by atoms with Crippen molar-refractivity contribution in [2.75, 3.05) is 18.5 Å². The molecule has 90 valence electrons. The second-order valence-corrected chi connectivity index (χ2v) is 4.10. The molecule has 1 nitrogen and oxygen atoms in total. The van der Waals surface area contributed by atoms with E-state index in [4.69, 9.17) is 0 Å². The minimum atomic E-state index is -0.157. The highest BCUT2D eigenvalue weighted by molar-refractivity contribution is 5.42. The molecule has 0 radical (unpaired) electrons. The van der Waals surface area contributed by atoms with E-state index in [1.807, 2.05) is 18.2 Å². The van der Waals surface area contributed by atoms with Gasteiger partial charge in [0.2, 0.25) is 0 Å². The highest BCUT2D eigenvalue weighted by Gasteiger charge is 1.92. The summed E-state index contributed by atoms with van der Waals surface area (Å²) in [5.74, 6) is 0. The van der Waals surface area contributed by atoms with Gasteiger partial charge in [-0.3, -0.25) is 4.39 Å². The molecule has 0 aliphatic heterocycles. The summed E-state index contributed by atoms with van der Waals surface area (Å²) >= 11 is 0. The zero-order valence-electron chi connectivity index (χ0n) is 9.92. The summed E-state index contributed by atoms with van der Waals surface area (Å²) in [5, 5.41) is 3.39. The van der Waals surface area contributed by atoms with Crippen LogP contribution in [0.4, 0.5) is 10.1 Å². The number of hydrogen-bond acceptors (Lipinski definition) is 1. The molecule has 1 rings (SSSR count). The van der Waals surface area contributed by atoms with E-state index in [2.05, 4.69) is 17.4 Å². The normalized spacial score (nSPS) is 10.3. The third-order valence-corrected chi connectivity index (χ3v) is 2.66. The summed E-state index contributed by atoms with van der Waals surface area (Å²) in [6, 6.07) is 10.3. The SMILES string of the molecule is FCCCCCCCCNc1ccccc1.